The lowest BCUT2D eigenvalue weighted by molar-refractivity contribution is -0.384. The minimum atomic E-state index is -0.387. The molecule has 5 heteroatoms. The molecule has 1 rings (SSSR count). The van der Waals surface area contributed by atoms with Crippen LogP contribution in [0.5, 0.6) is 0 Å². The number of halogens is 1. The summed E-state index contributed by atoms with van der Waals surface area (Å²) in [4.78, 5) is 10.2. The Morgan fingerprint density at radius 3 is 2.71 bits per heavy atom. The number of benzene rings is 1. The molecule has 0 fully saturated rings. The van der Waals surface area contributed by atoms with Crippen LogP contribution in [0.15, 0.2) is 24.3 Å². The molecule has 1 aromatic carbocycles. The van der Waals surface area contributed by atoms with Gasteiger partial charge in [-0.05, 0) is 12.0 Å². The van der Waals surface area contributed by atoms with E-state index in [0.717, 1.165) is 31.2 Å². The van der Waals surface area contributed by atoms with E-state index < -0.39 is 0 Å². The minimum absolute atomic E-state index is 0. The second-order valence-electron chi connectivity index (χ2n) is 3.95. The first-order valence-electron chi connectivity index (χ1n) is 5.65. The van der Waals surface area contributed by atoms with Crippen LogP contribution in [0.25, 0.3) is 0 Å². The van der Waals surface area contributed by atoms with E-state index in [1.807, 2.05) is 6.07 Å². The average Bonchev–Trinajstić information content (AvgIpc) is 2.29. The Hall–Kier alpha value is -1.13. The number of unbranched alkanes of at least 4 members (excludes halogenated alkanes) is 2. The van der Waals surface area contributed by atoms with Crippen molar-refractivity contribution < 1.29 is 4.92 Å². The Labute approximate surface area is 108 Å². The summed E-state index contributed by atoms with van der Waals surface area (Å²) in [6, 6.07) is 6.50. The first-order valence-corrected chi connectivity index (χ1v) is 5.65. The van der Waals surface area contributed by atoms with Gasteiger partial charge in [-0.15, -0.1) is 12.4 Å². The SMILES string of the molecule is CCCCC[C@@H](N)c1cccc([N+](=O)[O-])c1.Cl. The Morgan fingerprint density at radius 1 is 1.41 bits per heavy atom. The first kappa shape index (κ1) is 15.9. The molecule has 0 unspecified atom stereocenters. The molecule has 0 saturated carbocycles. The van der Waals surface area contributed by atoms with Gasteiger partial charge in [0.05, 0.1) is 4.92 Å². The molecule has 2 N–H and O–H groups in total. The maximum Gasteiger partial charge on any atom is 0.269 e. The van der Waals surface area contributed by atoms with E-state index in [0.29, 0.717) is 0 Å². The molecular formula is C12H19ClN2O2. The summed E-state index contributed by atoms with van der Waals surface area (Å²) in [5.74, 6) is 0. The number of nitro benzene ring substituents is 1. The maximum absolute atomic E-state index is 10.6. The third-order valence-electron chi connectivity index (χ3n) is 2.63. The van der Waals surface area contributed by atoms with Crippen LogP contribution in [-0.2, 0) is 0 Å². The van der Waals surface area contributed by atoms with E-state index in [4.69, 9.17) is 5.73 Å². The van der Waals surface area contributed by atoms with Gasteiger partial charge in [-0.25, -0.2) is 0 Å². The molecule has 1 aromatic rings. The number of nitro groups is 1. The number of nitrogens with two attached hydrogens (primary N) is 1. The van der Waals surface area contributed by atoms with E-state index in [-0.39, 0.29) is 29.1 Å². The highest BCUT2D eigenvalue weighted by atomic mass is 35.5. The van der Waals surface area contributed by atoms with Crippen molar-refractivity contribution in [3.8, 4) is 0 Å². The monoisotopic (exact) mass is 258 g/mol. The predicted octanol–water partition coefficient (Wildman–Crippen LogP) is 3.60. The van der Waals surface area contributed by atoms with Crippen LogP contribution < -0.4 is 5.73 Å². The molecule has 0 spiro atoms. The molecule has 0 bridgehead atoms. The third kappa shape index (κ3) is 5.15. The van der Waals surface area contributed by atoms with Gasteiger partial charge in [0.2, 0.25) is 0 Å². The van der Waals surface area contributed by atoms with E-state index in [1.54, 1.807) is 12.1 Å². The van der Waals surface area contributed by atoms with Gasteiger partial charge in [-0.2, -0.15) is 0 Å². The van der Waals surface area contributed by atoms with Crippen LogP contribution in [0.2, 0.25) is 0 Å². The summed E-state index contributed by atoms with van der Waals surface area (Å²) in [5.41, 5.74) is 6.95. The van der Waals surface area contributed by atoms with Crippen molar-refractivity contribution in [2.24, 2.45) is 5.73 Å². The second kappa shape index (κ2) is 8.03. The highest BCUT2D eigenvalue weighted by molar-refractivity contribution is 5.85. The van der Waals surface area contributed by atoms with E-state index in [9.17, 15) is 10.1 Å². The number of non-ortho nitro benzene ring substituents is 1. The van der Waals surface area contributed by atoms with Crippen molar-refractivity contribution in [3.63, 3.8) is 0 Å². The molecule has 0 aromatic heterocycles. The third-order valence-corrected chi connectivity index (χ3v) is 2.63. The number of hydrogen-bond acceptors (Lipinski definition) is 3. The predicted molar refractivity (Wildman–Crippen MR) is 71.4 cm³/mol. The molecule has 17 heavy (non-hydrogen) atoms. The van der Waals surface area contributed by atoms with Crippen LogP contribution in [0.4, 0.5) is 5.69 Å². The fraction of sp³-hybridized carbons (Fsp3) is 0.500. The minimum Gasteiger partial charge on any atom is -0.324 e. The topological polar surface area (TPSA) is 69.2 Å². The fourth-order valence-corrected chi connectivity index (χ4v) is 1.65. The van der Waals surface area contributed by atoms with Gasteiger partial charge in [-0.1, -0.05) is 38.3 Å². The highest BCUT2D eigenvalue weighted by Gasteiger charge is 2.10. The van der Waals surface area contributed by atoms with E-state index >= 15 is 0 Å². The van der Waals surface area contributed by atoms with Crippen LogP contribution in [-0.4, -0.2) is 4.92 Å². The van der Waals surface area contributed by atoms with Crippen LogP contribution in [0, 0.1) is 10.1 Å². The van der Waals surface area contributed by atoms with Crippen LogP contribution in [0.1, 0.15) is 44.2 Å². The van der Waals surface area contributed by atoms with Crippen LogP contribution in [0.3, 0.4) is 0 Å². The molecule has 0 saturated heterocycles. The zero-order valence-corrected chi connectivity index (χ0v) is 10.8. The Balaban J connectivity index is 0.00000256. The average molecular weight is 259 g/mol. The lowest BCUT2D eigenvalue weighted by atomic mass is 10.0. The molecule has 0 heterocycles. The summed E-state index contributed by atoms with van der Waals surface area (Å²) in [6.07, 6.45) is 4.26. The van der Waals surface area contributed by atoms with Crippen molar-refractivity contribution in [3.05, 3.63) is 39.9 Å². The smallest absolute Gasteiger partial charge is 0.269 e. The molecule has 4 nitrogen and oxygen atoms in total. The molecule has 0 aliphatic carbocycles. The van der Waals surface area contributed by atoms with E-state index in [2.05, 4.69) is 6.92 Å². The van der Waals surface area contributed by atoms with Crippen molar-refractivity contribution in [2.45, 2.75) is 38.6 Å². The van der Waals surface area contributed by atoms with Gasteiger partial charge in [0.1, 0.15) is 0 Å². The second-order valence-corrected chi connectivity index (χ2v) is 3.95. The first-order chi connectivity index (χ1) is 7.65. The van der Waals surface area contributed by atoms with Gasteiger partial charge >= 0.3 is 0 Å². The summed E-state index contributed by atoms with van der Waals surface area (Å²) >= 11 is 0. The van der Waals surface area contributed by atoms with E-state index in [1.165, 1.54) is 6.07 Å². The number of hydrogen-bond donors (Lipinski definition) is 1. The summed E-state index contributed by atoms with van der Waals surface area (Å²) in [6.45, 7) is 2.14. The Kier molecular flexibility index (Phi) is 7.50. The standard InChI is InChI=1S/C12H18N2O2.ClH/c1-2-3-4-8-12(13)10-6-5-7-11(9-10)14(15)16;/h5-7,9,12H,2-4,8,13H2,1H3;1H/t12-;/m1./s1. The Bertz CT molecular complexity index is 358. The lowest BCUT2D eigenvalue weighted by Gasteiger charge is -2.11. The van der Waals surface area contributed by atoms with Crippen molar-refractivity contribution in [1.29, 1.82) is 0 Å². The molecule has 1 atom stereocenters. The summed E-state index contributed by atoms with van der Waals surface area (Å²) in [7, 11) is 0. The van der Waals surface area contributed by atoms with Crippen LogP contribution >= 0.6 is 12.4 Å². The molecule has 0 aliphatic heterocycles. The van der Waals surface area contributed by atoms with Crippen molar-refractivity contribution >= 4 is 18.1 Å². The molecular weight excluding hydrogens is 240 g/mol. The maximum atomic E-state index is 10.6. The quantitative estimate of drug-likeness (QED) is 0.482. The summed E-state index contributed by atoms with van der Waals surface area (Å²) < 4.78 is 0. The van der Waals surface area contributed by atoms with Gasteiger partial charge < -0.3 is 5.73 Å². The lowest BCUT2D eigenvalue weighted by Crippen LogP contribution is -2.10. The summed E-state index contributed by atoms with van der Waals surface area (Å²) in [5, 5.41) is 10.6. The largest absolute Gasteiger partial charge is 0.324 e. The van der Waals surface area contributed by atoms with Crippen molar-refractivity contribution in [2.75, 3.05) is 0 Å². The normalized spacial score (nSPS) is 11.6. The zero-order valence-electron chi connectivity index (χ0n) is 9.96. The van der Waals surface area contributed by atoms with Gasteiger partial charge in [0, 0.05) is 18.2 Å². The Morgan fingerprint density at radius 2 is 2.12 bits per heavy atom. The fourth-order valence-electron chi connectivity index (χ4n) is 1.65. The molecule has 0 radical (unpaired) electrons. The zero-order chi connectivity index (χ0) is 12.0. The van der Waals surface area contributed by atoms with Crippen molar-refractivity contribution in [1.82, 2.24) is 0 Å². The number of nitrogens with zero attached hydrogens (tertiary/aromatic N) is 1. The molecule has 96 valence electrons. The van der Waals surface area contributed by atoms with Gasteiger partial charge in [0.25, 0.3) is 5.69 Å². The van der Waals surface area contributed by atoms with Gasteiger partial charge in [0.15, 0.2) is 0 Å². The molecule has 0 amide bonds. The van der Waals surface area contributed by atoms with Gasteiger partial charge in [-0.3, -0.25) is 10.1 Å². The molecule has 0 aliphatic rings. The number of rotatable bonds is 6. The highest BCUT2D eigenvalue weighted by Crippen LogP contribution is 2.21.